The number of carbonyl (C=O) groups is 1. The number of nitrogens with zero attached hydrogens (tertiary/aromatic N) is 4. The fourth-order valence-electron chi connectivity index (χ4n) is 2.66. The summed E-state index contributed by atoms with van der Waals surface area (Å²) >= 11 is 0. The molecule has 8 heteroatoms. The van der Waals surface area contributed by atoms with E-state index in [1.54, 1.807) is 25.3 Å². The normalized spacial score (nSPS) is 14.8. The number of anilines is 2. The lowest BCUT2D eigenvalue weighted by molar-refractivity contribution is -0.118. The highest BCUT2D eigenvalue weighted by Crippen LogP contribution is 2.25. The van der Waals surface area contributed by atoms with Crippen molar-refractivity contribution in [1.82, 2.24) is 15.1 Å². The van der Waals surface area contributed by atoms with Gasteiger partial charge < -0.3 is 24.6 Å². The summed E-state index contributed by atoms with van der Waals surface area (Å²) in [5.41, 5.74) is 0. The summed E-state index contributed by atoms with van der Waals surface area (Å²) in [7, 11) is 3.66. The molecule has 0 atom stereocenters. The van der Waals surface area contributed by atoms with Gasteiger partial charge in [0, 0.05) is 26.2 Å². The van der Waals surface area contributed by atoms with Gasteiger partial charge in [-0.2, -0.15) is 0 Å². The highest BCUT2D eigenvalue weighted by atomic mass is 16.5. The summed E-state index contributed by atoms with van der Waals surface area (Å²) in [5.74, 6) is 2.01. The number of benzene rings is 1. The molecule has 1 amide bonds. The van der Waals surface area contributed by atoms with Crippen LogP contribution in [0.15, 0.2) is 36.4 Å². The van der Waals surface area contributed by atoms with Crippen molar-refractivity contribution in [2.75, 3.05) is 57.2 Å². The van der Waals surface area contributed by atoms with Crippen LogP contribution in [0.3, 0.4) is 0 Å². The third kappa shape index (κ3) is 4.60. The van der Waals surface area contributed by atoms with Crippen LogP contribution in [-0.4, -0.2) is 67.9 Å². The monoisotopic (exact) mass is 357 g/mol. The topological polar surface area (TPSA) is 79.8 Å². The molecule has 0 bridgehead atoms. The highest BCUT2D eigenvalue weighted by molar-refractivity contribution is 5.90. The van der Waals surface area contributed by atoms with E-state index in [0.29, 0.717) is 17.3 Å². The number of aromatic nitrogens is 2. The molecular weight excluding hydrogens is 334 g/mol. The maximum atomic E-state index is 12.0. The predicted molar refractivity (Wildman–Crippen MR) is 98.9 cm³/mol. The Morgan fingerprint density at radius 2 is 1.81 bits per heavy atom. The molecule has 1 aliphatic rings. The van der Waals surface area contributed by atoms with Crippen LogP contribution in [0, 0.1) is 0 Å². The molecule has 0 unspecified atom stereocenters. The largest absolute Gasteiger partial charge is 0.493 e. The van der Waals surface area contributed by atoms with Crippen LogP contribution in [-0.2, 0) is 4.79 Å². The molecule has 1 fully saturated rings. The fourth-order valence-corrected chi connectivity index (χ4v) is 2.66. The summed E-state index contributed by atoms with van der Waals surface area (Å²) in [4.78, 5) is 16.5. The van der Waals surface area contributed by atoms with E-state index in [0.717, 1.165) is 32.0 Å². The number of carbonyl (C=O) groups excluding carboxylic acids is 1. The second kappa shape index (κ2) is 8.48. The minimum atomic E-state index is -0.308. The van der Waals surface area contributed by atoms with E-state index in [-0.39, 0.29) is 12.5 Å². The number of para-hydroxylation sites is 2. The van der Waals surface area contributed by atoms with Crippen molar-refractivity contribution in [3.63, 3.8) is 0 Å². The number of hydrogen-bond donors (Lipinski definition) is 1. The van der Waals surface area contributed by atoms with Crippen molar-refractivity contribution < 1.29 is 14.3 Å². The number of rotatable bonds is 6. The minimum absolute atomic E-state index is 0.137. The van der Waals surface area contributed by atoms with E-state index in [1.165, 1.54) is 0 Å². The number of ether oxygens (including phenoxy) is 2. The molecule has 0 saturated carbocycles. The standard InChI is InChI=1S/C18H23N5O3/c1-22-9-11-23(12-10-22)17-8-7-16(20-21-17)19-18(24)13-26-15-6-4-3-5-14(15)25-2/h3-8H,9-13H2,1-2H3,(H,19,20,24). The molecule has 26 heavy (non-hydrogen) atoms. The lowest BCUT2D eigenvalue weighted by Crippen LogP contribution is -2.44. The number of methoxy groups -OCH3 is 1. The molecule has 1 aromatic carbocycles. The second-order valence-corrected chi connectivity index (χ2v) is 6.05. The van der Waals surface area contributed by atoms with Crippen molar-refractivity contribution in [2.24, 2.45) is 0 Å². The van der Waals surface area contributed by atoms with Gasteiger partial charge in [-0.15, -0.1) is 10.2 Å². The van der Waals surface area contributed by atoms with Gasteiger partial charge in [0.2, 0.25) is 0 Å². The first-order chi connectivity index (χ1) is 12.7. The first kappa shape index (κ1) is 17.9. The van der Waals surface area contributed by atoms with Crippen LogP contribution in [0.4, 0.5) is 11.6 Å². The third-order valence-corrected chi connectivity index (χ3v) is 4.17. The molecule has 2 aromatic rings. The van der Waals surface area contributed by atoms with E-state index in [4.69, 9.17) is 9.47 Å². The van der Waals surface area contributed by atoms with Crippen LogP contribution in [0.2, 0.25) is 0 Å². The van der Waals surface area contributed by atoms with Gasteiger partial charge in [-0.05, 0) is 31.3 Å². The predicted octanol–water partition coefficient (Wildman–Crippen LogP) is 1.25. The first-order valence-corrected chi connectivity index (χ1v) is 8.48. The van der Waals surface area contributed by atoms with Gasteiger partial charge in [0.25, 0.3) is 5.91 Å². The van der Waals surface area contributed by atoms with Crippen LogP contribution < -0.4 is 19.7 Å². The van der Waals surface area contributed by atoms with Crippen LogP contribution in [0.25, 0.3) is 0 Å². The zero-order chi connectivity index (χ0) is 18.4. The molecule has 0 radical (unpaired) electrons. The molecule has 3 rings (SSSR count). The lowest BCUT2D eigenvalue weighted by Gasteiger charge is -2.32. The van der Waals surface area contributed by atoms with Gasteiger partial charge in [0.15, 0.2) is 29.7 Å². The van der Waals surface area contributed by atoms with Crippen molar-refractivity contribution in [2.45, 2.75) is 0 Å². The second-order valence-electron chi connectivity index (χ2n) is 6.05. The van der Waals surface area contributed by atoms with Gasteiger partial charge in [-0.1, -0.05) is 12.1 Å². The number of nitrogens with one attached hydrogen (secondary N) is 1. The molecule has 1 N–H and O–H groups in total. The van der Waals surface area contributed by atoms with E-state index in [9.17, 15) is 4.79 Å². The molecule has 0 aliphatic carbocycles. The van der Waals surface area contributed by atoms with Gasteiger partial charge in [0.1, 0.15) is 0 Å². The summed E-state index contributed by atoms with van der Waals surface area (Å²) in [6.45, 7) is 3.70. The highest BCUT2D eigenvalue weighted by Gasteiger charge is 2.16. The Hall–Kier alpha value is -2.87. The van der Waals surface area contributed by atoms with E-state index < -0.39 is 0 Å². The average Bonchev–Trinajstić information content (AvgIpc) is 2.68. The molecule has 1 aromatic heterocycles. The van der Waals surface area contributed by atoms with Crippen molar-refractivity contribution in [3.8, 4) is 11.5 Å². The molecular formula is C18H23N5O3. The van der Waals surface area contributed by atoms with Crippen LogP contribution in [0.5, 0.6) is 11.5 Å². The fraction of sp³-hybridized carbons (Fsp3) is 0.389. The van der Waals surface area contributed by atoms with Gasteiger partial charge >= 0.3 is 0 Å². The molecule has 1 aliphatic heterocycles. The lowest BCUT2D eigenvalue weighted by atomic mass is 10.3. The van der Waals surface area contributed by atoms with Gasteiger partial charge in [0.05, 0.1) is 7.11 Å². The Kier molecular flexibility index (Phi) is 5.85. The molecule has 1 saturated heterocycles. The van der Waals surface area contributed by atoms with E-state index in [2.05, 4.69) is 32.4 Å². The number of hydrogen-bond acceptors (Lipinski definition) is 7. The third-order valence-electron chi connectivity index (χ3n) is 4.17. The van der Waals surface area contributed by atoms with E-state index in [1.807, 2.05) is 18.2 Å². The van der Waals surface area contributed by atoms with Crippen molar-refractivity contribution in [1.29, 1.82) is 0 Å². The quantitative estimate of drug-likeness (QED) is 0.833. The Morgan fingerprint density at radius 1 is 1.08 bits per heavy atom. The SMILES string of the molecule is COc1ccccc1OCC(=O)Nc1ccc(N2CCN(C)CC2)nn1. The van der Waals surface area contributed by atoms with Crippen molar-refractivity contribution >= 4 is 17.5 Å². The van der Waals surface area contributed by atoms with Crippen LogP contribution >= 0.6 is 0 Å². The number of likely N-dealkylation sites (N-methyl/N-ethyl adjacent to an activating group) is 1. The maximum absolute atomic E-state index is 12.0. The average molecular weight is 357 g/mol. The first-order valence-electron chi connectivity index (χ1n) is 8.48. The van der Waals surface area contributed by atoms with Crippen molar-refractivity contribution in [3.05, 3.63) is 36.4 Å². The van der Waals surface area contributed by atoms with Gasteiger partial charge in [-0.3, -0.25) is 4.79 Å². The Morgan fingerprint density at radius 3 is 2.46 bits per heavy atom. The molecule has 138 valence electrons. The summed E-state index contributed by atoms with van der Waals surface area (Å²) in [5, 5.41) is 11.0. The zero-order valence-electron chi connectivity index (χ0n) is 15.0. The van der Waals surface area contributed by atoms with Gasteiger partial charge in [-0.25, -0.2) is 0 Å². The van der Waals surface area contributed by atoms with Crippen LogP contribution in [0.1, 0.15) is 0 Å². The molecule has 0 spiro atoms. The Labute approximate surface area is 152 Å². The maximum Gasteiger partial charge on any atom is 0.263 e. The minimum Gasteiger partial charge on any atom is -0.493 e. The zero-order valence-corrected chi connectivity index (χ0v) is 15.0. The summed E-state index contributed by atoms with van der Waals surface area (Å²) in [6.07, 6.45) is 0. The summed E-state index contributed by atoms with van der Waals surface area (Å²) in [6, 6.07) is 10.8. The summed E-state index contributed by atoms with van der Waals surface area (Å²) < 4.78 is 10.7. The smallest absolute Gasteiger partial charge is 0.263 e. The van der Waals surface area contributed by atoms with E-state index >= 15 is 0 Å². The number of piperazine rings is 1. The Balaban J connectivity index is 1.51. The molecule has 2 heterocycles. The Bertz CT molecular complexity index is 730. The number of amides is 1. The molecule has 8 nitrogen and oxygen atoms in total.